The summed E-state index contributed by atoms with van der Waals surface area (Å²) in [5.41, 5.74) is 0.359. The lowest BCUT2D eigenvalue weighted by Gasteiger charge is -2.29. The maximum absolute atomic E-state index is 10.4. The summed E-state index contributed by atoms with van der Waals surface area (Å²) in [5, 5.41) is 13.8. The third-order valence-corrected chi connectivity index (χ3v) is 4.35. The summed E-state index contributed by atoms with van der Waals surface area (Å²) in [6.07, 6.45) is 0.438. The number of methoxy groups -OCH3 is 1. The topological polar surface area (TPSA) is 29.5 Å². The lowest BCUT2D eigenvalue weighted by Crippen LogP contribution is -2.40. The van der Waals surface area contributed by atoms with Crippen molar-refractivity contribution < 1.29 is 9.84 Å². The van der Waals surface area contributed by atoms with E-state index in [1.54, 1.807) is 18.4 Å². The third-order valence-electron chi connectivity index (χ3n) is 3.34. The molecular formula is C14H18O2S. The zero-order valence-electron chi connectivity index (χ0n) is 10.4. The Hall–Kier alpha value is -0.900. The third kappa shape index (κ3) is 2.51. The molecule has 2 atom stereocenters. The highest BCUT2D eigenvalue weighted by Gasteiger charge is 2.29. The van der Waals surface area contributed by atoms with E-state index < -0.39 is 5.60 Å². The molecule has 1 aromatic heterocycles. The molecule has 92 valence electrons. The molecule has 0 spiro atoms. The van der Waals surface area contributed by atoms with Gasteiger partial charge in [-0.15, -0.1) is 11.3 Å². The summed E-state index contributed by atoms with van der Waals surface area (Å²) in [6.45, 7) is 3.72. The molecular weight excluding hydrogens is 232 g/mol. The molecule has 17 heavy (non-hydrogen) atoms. The largest absolute Gasteiger partial charge is 0.387 e. The zero-order chi connectivity index (χ0) is 12.5. The van der Waals surface area contributed by atoms with E-state index in [0.29, 0.717) is 6.42 Å². The average molecular weight is 250 g/mol. The first-order chi connectivity index (χ1) is 8.04. The predicted molar refractivity (Wildman–Crippen MR) is 72.6 cm³/mol. The van der Waals surface area contributed by atoms with Crippen molar-refractivity contribution in [3.05, 3.63) is 35.2 Å². The van der Waals surface area contributed by atoms with Crippen molar-refractivity contribution >= 4 is 21.4 Å². The summed E-state index contributed by atoms with van der Waals surface area (Å²) < 4.78 is 6.50. The van der Waals surface area contributed by atoms with E-state index in [1.807, 2.05) is 26.0 Å². The normalized spacial score (nSPS) is 16.9. The van der Waals surface area contributed by atoms with E-state index in [1.165, 1.54) is 15.6 Å². The van der Waals surface area contributed by atoms with Crippen LogP contribution in [0.2, 0.25) is 0 Å². The van der Waals surface area contributed by atoms with E-state index >= 15 is 0 Å². The van der Waals surface area contributed by atoms with Crippen LogP contribution in [0.1, 0.15) is 19.4 Å². The van der Waals surface area contributed by atoms with Crippen molar-refractivity contribution in [2.45, 2.75) is 32.0 Å². The number of thiophene rings is 1. The van der Waals surface area contributed by atoms with Crippen LogP contribution in [0.15, 0.2) is 29.6 Å². The van der Waals surface area contributed by atoms with Crippen LogP contribution in [-0.2, 0) is 11.2 Å². The van der Waals surface area contributed by atoms with Gasteiger partial charge in [0, 0.05) is 18.2 Å². The van der Waals surface area contributed by atoms with Crippen LogP contribution in [0.5, 0.6) is 0 Å². The van der Waals surface area contributed by atoms with Crippen molar-refractivity contribution in [2.24, 2.45) is 0 Å². The molecule has 1 heterocycles. The van der Waals surface area contributed by atoms with Crippen LogP contribution in [0.25, 0.3) is 10.1 Å². The molecule has 0 fully saturated rings. The van der Waals surface area contributed by atoms with Gasteiger partial charge in [-0.3, -0.25) is 0 Å². The van der Waals surface area contributed by atoms with E-state index in [9.17, 15) is 5.11 Å². The molecule has 0 saturated carbocycles. The zero-order valence-corrected chi connectivity index (χ0v) is 11.3. The molecule has 1 N–H and O–H groups in total. The number of hydrogen-bond acceptors (Lipinski definition) is 3. The molecule has 0 aliphatic heterocycles. The Balaban J connectivity index is 2.30. The highest BCUT2D eigenvalue weighted by molar-refractivity contribution is 7.17. The van der Waals surface area contributed by atoms with E-state index in [-0.39, 0.29) is 6.10 Å². The summed E-state index contributed by atoms with van der Waals surface area (Å²) in [5.74, 6) is 0. The second kappa shape index (κ2) is 4.77. The Labute approximate surface area is 106 Å². The smallest absolute Gasteiger partial charge is 0.0917 e. The van der Waals surface area contributed by atoms with Gasteiger partial charge in [0.1, 0.15) is 0 Å². The molecule has 3 heteroatoms. The second-order valence-electron chi connectivity index (χ2n) is 4.67. The summed E-state index contributed by atoms with van der Waals surface area (Å²) in [4.78, 5) is 0. The van der Waals surface area contributed by atoms with Gasteiger partial charge in [0.15, 0.2) is 0 Å². The molecule has 0 amide bonds. The summed E-state index contributed by atoms with van der Waals surface area (Å²) in [6, 6.07) is 8.29. The van der Waals surface area contributed by atoms with Crippen LogP contribution < -0.4 is 0 Å². The Kier molecular flexibility index (Phi) is 3.52. The van der Waals surface area contributed by atoms with Crippen molar-refractivity contribution in [2.75, 3.05) is 7.11 Å². The van der Waals surface area contributed by atoms with Gasteiger partial charge >= 0.3 is 0 Å². The fourth-order valence-corrected chi connectivity index (χ4v) is 2.92. The van der Waals surface area contributed by atoms with Crippen LogP contribution in [0.4, 0.5) is 0 Å². The van der Waals surface area contributed by atoms with Crippen LogP contribution in [0, 0.1) is 0 Å². The van der Waals surface area contributed by atoms with E-state index in [4.69, 9.17) is 4.74 Å². The number of fused-ring (bicyclic) bond motifs is 1. The number of aliphatic hydroxyl groups is 1. The van der Waals surface area contributed by atoms with Gasteiger partial charge < -0.3 is 9.84 Å². The second-order valence-corrected chi connectivity index (χ2v) is 5.58. The lowest BCUT2D eigenvalue weighted by atomic mass is 9.91. The summed E-state index contributed by atoms with van der Waals surface area (Å²) in [7, 11) is 1.63. The van der Waals surface area contributed by atoms with Gasteiger partial charge in [0.05, 0.1) is 11.7 Å². The van der Waals surface area contributed by atoms with Gasteiger partial charge in [-0.2, -0.15) is 0 Å². The minimum Gasteiger partial charge on any atom is -0.387 e. The fraction of sp³-hybridized carbons (Fsp3) is 0.429. The average Bonchev–Trinajstić information content (AvgIpc) is 2.71. The van der Waals surface area contributed by atoms with Gasteiger partial charge in [0.25, 0.3) is 0 Å². The number of benzene rings is 1. The Morgan fingerprint density at radius 2 is 2.12 bits per heavy atom. The van der Waals surface area contributed by atoms with Gasteiger partial charge in [-0.25, -0.2) is 0 Å². The molecule has 2 rings (SSSR count). The van der Waals surface area contributed by atoms with Crippen LogP contribution in [-0.4, -0.2) is 23.9 Å². The van der Waals surface area contributed by atoms with Crippen molar-refractivity contribution in [3.63, 3.8) is 0 Å². The van der Waals surface area contributed by atoms with Crippen molar-refractivity contribution in [1.29, 1.82) is 0 Å². The first-order valence-corrected chi connectivity index (χ1v) is 6.63. The standard InChI is InChI=1S/C14H18O2S/c1-10(16-3)14(2,15)8-11-9-17-13-7-5-4-6-12(11)13/h4-7,9-10,15H,8H2,1-3H3. The minimum absolute atomic E-state index is 0.179. The quantitative estimate of drug-likeness (QED) is 0.902. The first kappa shape index (κ1) is 12.6. The molecule has 0 aliphatic rings. The molecule has 2 aromatic rings. The molecule has 2 unspecified atom stereocenters. The van der Waals surface area contributed by atoms with Crippen LogP contribution in [0.3, 0.4) is 0 Å². The van der Waals surface area contributed by atoms with Gasteiger partial charge in [0.2, 0.25) is 0 Å². The van der Waals surface area contributed by atoms with Gasteiger partial charge in [-0.1, -0.05) is 18.2 Å². The molecule has 0 bridgehead atoms. The Morgan fingerprint density at radius 3 is 2.82 bits per heavy atom. The monoisotopic (exact) mass is 250 g/mol. The van der Waals surface area contributed by atoms with Gasteiger partial charge in [-0.05, 0) is 36.2 Å². The predicted octanol–water partition coefficient (Wildman–Crippen LogP) is 3.23. The van der Waals surface area contributed by atoms with E-state index in [0.717, 1.165) is 0 Å². The maximum Gasteiger partial charge on any atom is 0.0917 e. The number of rotatable bonds is 4. The number of hydrogen-bond donors (Lipinski definition) is 1. The first-order valence-electron chi connectivity index (χ1n) is 5.75. The molecule has 2 nitrogen and oxygen atoms in total. The van der Waals surface area contributed by atoms with E-state index in [2.05, 4.69) is 17.5 Å². The Morgan fingerprint density at radius 1 is 1.41 bits per heavy atom. The highest BCUT2D eigenvalue weighted by Crippen LogP contribution is 2.29. The lowest BCUT2D eigenvalue weighted by molar-refractivity contribution is -0.0713. The molecule has 0 aliphatic carbocycles. The maximum atomic E-state index is 10.4. The molecule has 1 aromatic carbocycles. The molecule has 0 radical (unpaired) electrons. The van der Waals surface area contributed by atoms with Crippen molar-refractivity contribution in [3.8, 4) is 0 Å². The molecule has 0 saturated heterocycles. The van der Waals surface area contributed by atoms with Crippen molar-refractivity contribution in [1.82, 2.24) is 0 Å². The number of ether oxygens (including phenoxy) is 1. The fourth-order valence-electron chi connectivity index (χ4n) is 1.95. The SMILES string of the molecule is COC(C)C(C)(O)Cc1csc2ccccc12. The minimum atomic E-state index is -0.835. The highest BCUT2D eigenvalue weighted by atomic mass is 32.1. The summed E-state index contributed by atoms with van der Waals surface area (Å²) >= 11 is 1.72. The van der Waals surface area contributed by atoms with Crippen LogP contribution >= 0.6 is 11.3 Å². The Bertz CT molecular complexity index is 502.